The minimum atomic E-state index is -0.378. The summed E-state index contributed by atoms with van der Waals surface area (Å²) in [6.45, 7) is 4.30. The number of carbonyl (C=O) groups excluding carboxylic acids is 2. The molecule has 104 valence electrons. The number of rotatable bonds is 2. The summed E-state index contributed by atoms with van der Waals surface area (Å²) in [5.74, 6) is 2.25. The number of hydrogen-bond donors (Lipinski definition) is 0. The molecule has 4 nitrogen and oxygen atoms in total. The molecule has 0 spiro atoms. The van der Waals surface area contributed by atoms with Crippen LogP contribution in [0.1, 0.15) is 27.9 Å². The third kappa shape index (κ3) is 2.39. The summed E-state index contributed by atoms with van der Waals surface area (Å²) >= 11 is 0. The molecule has 0 bridgehead atoms. The Morgan fingerprint density at radius 1 is 1.40 bits per heavy atom. The van der Waals surface area contributed by atoms with E-state index in [-0.39, 0.29) is 17.8 Å². The van der Waals surface area contributed by atoms with E-state index in [1.165, 1.54) is 7.11 Å². The number of carbonyl (C=O) groups is 2. The van der Waals surface area contributed by atoms with Gasteiger partial charge in [0.1, 0.15) is 0 Å². The van der Waals surface area contributed by atoms with Crippen molar-refractivity contribution in [3.05, 3.63) is 28.8 Å². The number of esters is 1. The monoisotopic (exact) mass is 271 g/mol. The summed E-state index contributed by atoms with van der Waals surface area (Å²) in [7, 11) is 1.35. The van der Waals surface area contributed by atoms with Crippen LogP contribution in [-0.4, -0.2) is 25.5 Å². The van der Waals surface area contributed by atoms with E-state index in [2.05, 4.69) is 5.92 Å². The highest BCUT2D eigenvalue weighted by atomic mass is 16.5. The van der Waals surface area contributed by atoms with Gasteiger partial charge in [-0.05, 0) is 37.1 Å². The number of amides is 1. The lowest BCUT2D eigenvalue weighted by Gasteiger charge is -2.21. The highest BCUT2D eigenvalue weighted by Gasteiger charge is 2.31. The second kappa shape index (κ2) is 5.38. The Bertz CT molecular complexity index is 590. The predicted molar refractivity (Wildman–Crippen MR) is 76.5 cm³/mol. The van der Waals surface area contributed by atoms with E-state index in [9.17, 15) is 9.59 Å². The van der Waals surface area contributed by atoms with Gasteiger partial charge >= 0.3 is 5.97 Å². The second-order valence-electron chi connectivity index (χ2n) is 5.02. The number of nitrogens with zero attached hydrogens (tertiary/aromatic N) is 1. The molecule has 1 amide bonds. The van der Waals surface area contributed by atoms with Gasteiger partial charge in [0, 0.05) is 24.6 Å². The molecule has 1 aromatic rings. The van der Waals surface area contributed by atoms with Crippen LogP contribution in [0.3, 0.4) is 0 Å². The Balaban J connectivity index is 2.42. The van der Waals surface area contributed by atoms with E-state index in [0.29, 0.717) is 18.5 Å². The maximum Gasteiger partial charge on any atom is 0.337 e. The maximum absolute atomic E-state index is 12.1. The molecule has 1 fully saturated rings. The Hall–Kier alpha value is -2.28. The largest absolute Gasteiger partial charge is 0.465 e. The minimum Gasteiger partial charge on any atom is -0.465 e. The van der Waals surface area contributed by atoms with Gasteiger partial charge in [-0.1, -0.05) is 0 Å². The molecule has 0 aliphatic carbocycles. The summed E-state index contributed by atoms with van der Waals surface area (Å²) in [6.07, 6.45) is 5.79. The Labute approximate surface area is 118 Å². The van der Waals surface area contributed by atoms with Crippen molar-refractivity contribution in [1.29, 1.82) is 0 Å². The number of methoxy groups -OCH3 is 1. The van der Waals surface area contributed by atoms with Gasteiger partial charge in [0.15, 0.2) is 0 Å². The van der Waals surface area contributed by atoms with Crippen LogP contribution >= 0.6 is 0 Å². The van der Waals surface area contributed by atoms with Crippen molar-refractivity contribution in [2.45, 2.75) is 20.3 Å². The van der Waals surface area contributed by atoms with E-state index in [4.69, 9.17) is 11.2 Å². The van der Waals surface area contributed by atoms with Crippen LogP contribution in [-0.2, 0) is 9.53 Å². The summed E-state index contributed by atoms with van der Waals surface area (Å²) in [5, 5.41) is 0. The Morgan fingerprint density at radius 3 is 2.45 bits per heavy atom. The maximum atomic E-state index is 12.1. The van der Waals surface area contributed by atoms with Crippen molar-refractivity contribution in [3.63, 3.8) is 0 Å². The van der Waals surface area contributed by atoms with Gasteiger partial charge in [0.25, 0.3) is 0 Å². The summed E-state index contributed by atoms with van der Waals surface area (Å²) in [4.78, 5) is 25.4. The predicted octanol–water partition coefficient (Wildman–Crippen LogP) is 2.08. The second-order valence-corrected chi connectivity index (χ2v) is 5.02. The van der Waals surface area contributed by atoms with Crippen LogP contribution in [0.4, 0.5) is 5.69 Å². The summed E-state index contributed by atoms with van der Waals surface area (Å²) in [6, 6.07) is 3.48. The third-order valence-electron chi connectivity index (χ3n) is 3.54. The molecule has 0 aromatic heterocycles. The van der Waals surface area contributed by atoms with Crippen LogP contribution < -0.4 is 4.90 Å². The molecule has 1 heterocycles. The molecule has 2 rings (SSSR count). The van der Waals surface area contributed by atoms with Crippen LogP contribution in [0.5, 0.6) is 0 Å². The van der Waals surface area contributed by atoms with Gasteiger partial charge in [-0.3, -0.25) is 4.79 Å². The van der Waals surface area contributed by atoms with Crippen molar-refractivity contribution in [2.75, 3.05) is 18.6 Å². The lowest BCUT2D eigenvalue weighted by Crippen LogP contribution is -2.26. The number of aryl methyl sites for hydroxylation is 2. The molecule has 0 saturated carbocycles. The first-order valence-corrected chi connectivity index (χ1v) is 6.44. The topological polar surface area (TPSA) is 46.6 Å². The van der Waals surface area contributed by atoms with Gasteiger partial charge in [-0.2, -0.15) is 0 Å². The highest BCUT2D eigenvalue weighted by Crippen LogP contribution is 2.31. The molecule has 0 N–H and O–H groups in total. The van der Waals surface area contributed by atoms with Crippen molar-refractivity contribution in [3.8, 4) is 12.3 Å². The van der Waals surface area contributed by atoms with Crippen molar-refractivity contribution in [2.24, 2.45) is 5.92 Å². The molecular weight excluding hydrogens is 254 g/mol. The van der Waals surface area contributed by atoms with E-state index < -0.39 is 0 Å². The zero-order valence-electron chi connectivity index (χ0n) is 11.9. The fraction of sp³-hybridized carbons (Fsp3) is 0.375. The first-order valence-electron chi connectivity index (χ1n) is 6.44. The lowest BCUT2D eigenvalue weighted by molar-refractivity contribution is -0.117. The molecule has 0 radical (unpaired) electrons. The number of anilines is 1. The van der Waals surface area contributed by atoms with Gasteiger partial charge in [0.05, 0.1) is 12.7 Å². The van der Waals surface area contributed by atoms with E-state index >= 15 is 0 Å². The standard InChI is InChI=1S/C16H17NO3/c1-5-12-8-14(18)17(9-12)15-10(2)6-13(7-11(15)3)16(19)20-4/h1,6-7,12H,8-9H2,2-4H3. The number of terminal acetylenes is 1. The Kier molecular flexibility index (Phi) is 3.80. The molecule has 20 heavy (non-hydrogen) atoms. The molecule has 1 aromatic carbocycles. The van der Waals surface area contributed by atoms with Gasteiger partial charge in [-0.25, -0.2) is 4.79 Å². The Morgan fingerprint density at radius 2 is 2.00 bits per heavy atom. The smallest absolute Gasteiger partial charge is 0.337 e. The van der Waals surface area contributed by atoms with Crippen molar-refractivity contribution < 1.29 is 14.3 Å². The van der Waals surface area contributed by atoms with E-state index in [0.717, 1.165) is 16.8 Å². The van der Waals surface area contributed by atoms with Crippen LogP contribution in [0.15, 0.2) is 12.1 Å². The number of hydrogen-bond acceptors (Lipinski definition) is 3. The fourth-order valence-electron chi connectivity index (χ4n) is 2.65. The molecule has 1 saturated heterocycles. The number of ether oxygens (including phenoxy) is 1. The molecule has 1 atom stereocenters. The van der Waals surface area contributed by atoms with Crippen molar-refractivity contribution >= 4 is 17.6 Å². The van der Waals surface area contributed by atoms with Crippen molar-refractivity contribution in [1.82, 2.24) is 0 Å². The van der Waals surface area contributed by atoms with Gasteiger partial charge in [0.2, 0.25) is 5.91 Å². The SMILES string of the molecule is C#CC1CC(=O)N(c2c(C)cc(C(=O)OC)cc2C)C1. The first kappa shape index (κ1) is 14.1. The third-order valence-corrected chi connectivity index (χ3v) is 3.54. The zero-order valence-corrected chi connectivity index (χ0v) is 11.9. The van der Waals surface area contributed by atoms with Crippen LogP contribution in [0, 0.1) is 32.1 Å². The van der Waals surface area contributed by atoms with E-state index in [1.54, 1.807) is 17.0 Å². The zero-order chi connectivity index (χ0) is 14.9. The molecule has 1 unspecified atom stereocenters. The first-order chi connectivity index (χ1) is 9.47. The molecular formula is C16H17NO3. The van der Waals surface area contributed by atoms with Gasteiger partial charge < -0.3 is 9.64 Å². The van der Waals surface area contributed by atoms with Crippen LogP contribution in [0.25, 0.3) is 0 Å². The number of benzene rings is 1. The molecule has 4 heteroatoms. The summed E-state index contributed by atoms with van der Waals surface area (Å²) in [5.41, 5.74) is 3.08. The quantitative estimate of drug-likeness (QED) is 0.611. The average molecular weight is 271 g/mol. The van der Waals surface area contributed by atoms with Crippen LogP contribution in [0.2, 0.25) is 0 Å². The lowest BCUT2D eigenvalue weighted by atomic mass is 10.0. The average Bonchev–Trinajstić information content (AvgIpc) is 2.78. The van der Waals surface area contributed by atoms with Gasteiger partial charge in [-0.15, -0.1) is 12.3 Å². The normalized spacial score (nSPS) is 18.0. The molecule has 1 aliphatic rings. The fourth-order valence-corrected chi connectivity index (χ4v) is 2.65. The highest BCUT2D eigenvalue weighted by molar-refractivity contribution is 5.99. The van der Waals surface area contributed by atoms with E-state index in [1.807, 2.05) is 13.8 Å². The molecule has 1 aliphatic heterocycles. The summed E-state index contributed by atoms with van der Waals surface area (Å²) < 4.78 is 4.72. The minimum absolute atomic E-state index is 0.0324.